The fourth-order valence-electron chi connectivity index (χ4n) is 2.06. The van der Waals surface area contributed by atoms with Crippen molar-refractivity contribution in [3.8, 4) is 5.75 Å². The van der Waals surface area contributed by atoms with Crippen LogP contribution in [0.5, 0.6) is 5.75 Å². The molecule has 0 aliphatic heterocycles. The second-order valence-corrected chi connectivity index (χ2v) is 4.51. The molecular weight excluding hydrogens is 260 g/mol. The monoisotopic (exact) mass is 276 g/mol. The molecule has 6 heteroatoms. The van der Waals surface area contributed by atoms with Crippen molar-refractivity contribution in [3.05, 3.63) is 40.2 Å². The van der Waals surface area contributed by atoms with Crippen molar-refractivity contribution in [1.82, 2.24) is 10.3 Å². The van der Waals surface area contributed by atoms with Gasteiger partial charge in [-0.1, -0.05) is 0 Å². The molecule has 4 N–H and O–H groups in total. The highest BCUT2D eigenvalue weighted by atomic mass is 16.3. The minimum absolute atomic E-state index is 0.0543. The zero-order valence-corrected chi connectivity index (χ0v) is 11.0. The number of Topliss-reactive ketones (excluding diaryl/α,β-unsaturated/α-hetero) is 1. The molecule has 20 heavy (non-hydrogen) atoms. The largest absolute Gasteiger partial charge is 0.506 e. The molecule has 6 nitrogen and oxygen atoms in total. The van der Waals surface area contributed by atoms with E-state index < -0.39 is 6.04 Å². The maximum absolute atomic E-state index is 12.3. The van der Waals surface area contributed by atoms with Crippen LogP contribution in [0.15, 0.2) is 29.1 Å². The van der Waals surface area contributed by atoms with Crippen molar-refractivity contribution < 1.29 is 15.0 Å². The zero-order chi connectivity index (χ0) is 14.7. The fraction of sp³-hybridized carbons (Fsp3) is 0.286. The molecule has 0 saturated heterocycles. The molecule has 0 fully saturated rings. The highest BCUT2D eigenvalue weighted by molar-refractivity contribution is 6.10. The number of aromatic hydroxyl groups is 1. The lowest BCUT2D eigenvalue weighted by molar-refractivity contribution is 0.0950. The number of fused-ring (bicyclic) bond motifs is 1. The molecule has 106 valence electrons. The van der Waals surface area contributed by atoms with Gasteiger partial charge in [0.25, 0.3) is 0 Å². The first-order chi connectivity index (χ1) is 9.54. The van der Waals surface area contributed by atoms with Crippen molar-refractivity contribution in [2.45, 2.75) is 13.0 Å². The Morgan fingerprint density at radius 2 is 2.10 bits per heavy atom. The SMILES string of the molecule is CC(NCCO)C(=O)c1ccc(O)c2[nH]c(=O)ccc12. The number of aromatic amines is 1. The molecule has 0 bridgehead atoms. The molecular formula is C14H16N2O4. The Bertz CT molecular complexity index is 693. The van der Waals surface area contributed by atoms with Crippen LogP contribution in [0.2, 0.25) is 0 Å². The van der Waals surface area contributed by atoms with Crippen molar-refractivity contribution >= 4 is 16.7 Å². The summed E-state index contributed by atoms with van der Waals surface area (Å²) in [6.45, 7) is 1.96. The Morgan fingerprint density at radius 1 is 1.35 bits per heavy atom. The summed E-state index contributed by atoms with van der Waals surface area (Å²) < 4.78 is 0. The molecule has 1 atom stereocenters. The number of pyridine rings is 1. The number of aliphatic hydroxyl groups excluding tert-OH is 1. The number of aromatic nitrogens is 1. The Balaban J connectivity index is 2.47. The smallest absolute Gasteiger partial charge is 0.248 e. The molecule has 0 aliphatic carbocycles. The van der Waals surface area contributed by atoms with Crippen molar-refractivity contribution in [3.63, 3.8) is 0 Å². The molecule has 1 aromatic carbocycles. The number of phenolic OH excluding ortho intramolecular Hbond substituents is 1. The molecule has 1 unspecified atom stereocenters. The van der Waals surface area contributed by atoms with E-state index in [9.17, 15) is 14.7 Å². The van der Waals surface area contributed by atoms with Gasteiger partial charge in [-0.05, 0) is 25.1 Å². The third-order valence-corrected chi connectivity index (χ3v) is 3.09. The van der Waals surface area contributed by atoms with Crippen molar-refractivity contribution in [2.75, 3.05) is 13.2 Å². The summed E-state index contributed by atoms with van der Waals surface area (Å²) in [6.07, 6.45) is 0. The van der Waals surface area contributed by atoms with E-state index in [1.54, 1.807) is 6.92 Å². The van der Waals surface area contributed by atoms with E-state index in [0.717, 1.165) is 0 Å². The maximum atomic E-state index is 12.3. The average molecular weight is 276 g/mol. The van der Waals surface area contributed by atoms with Crippen LogP contribution in [-0.2, 0) is 0 Å². The highest BCUT2D eigenvalue weighted by Gasteiger charge is 2.18. The van der Waals surface area contributed by atoms with Crippen LogP contribution >= 0.6 is 0 Å². The number of ketones is 1. The van der Waals surface area contributed by atoms with Gasteiger partial charge in [0.15, 0.2) is 5.78 Å². The summed E-state index contributed by atoms with van der Waals surface area (Å²) in [5, 5.41) is 21.9. The van der Waals surface area contributed by atoms with Crippen LogP contribution in [-0.4, -0.2) is 40.2 Å². The van der Waals surface area contributed by atoms with Crippen LogP contribution in [0.3, 0.4) is 0 Å². The molecule has 0 saturated carbocycles. The van der Waals surface area contributed by atoms with E-state index in [1.165, 1.54) is 24.3 Å². The van der Waals surface area contributed by atoms with Gasteiger partial charge in [-0.15, -0.1) is 0 Å². The van der Waals surface area contributed by atoms with Gasteiger partial charge in [-0.3, -0.25) is 9.59 Å². The molecule has 0 amide bonds. The quantitative estimate of drug-likeness (QED) is 0.592. The number of rotatable bonds is 5. The van der Waals surface area contributed by atoms with E-state index in [2.05, 4.69) is 10.3 Å². The summed E-state index contributed by atoms with van der Waals surface area (Å²) in [4.78, 5) is 26.2. The molecule has 2 aromatic rings. The van der Waals surface area contributed by atoms with Gasteiger partial charge in [-0.2, -0.15) is 0 Å². The van der Waals surface area contributed by atoms with E-state index in [4.69, 9.17) is 5.11 Å². The molecule has 0 aliphatic rings. The van der Waals surface area contributed by atoms with Gasteiger partial charge in [0.2, 0.25) is 5.56 Å². The average Bonchev–Trinajstić information content (AvgIpc) is 2.45. The first-order valence-corrected chi connectivity index (χ1v) is 6.28. The summed E-state index contributed by atoms with van der Waals surface area (Å²) in [5.41, 5.74) is 0.313. The van der Waals surface area contributed by atoms with Crippen LogP contribution in [0, 0.1) is 0 Å². The predicted octanol–water partition coefficient (Wildman–Crippen LogP) is 0.387. The van der Waals surface area contributed by atoms with Crippen molar-refractivity contribution in [2.24, 2.45) is 0 Å². The summed E-state index contributed by atoms with van der Waals surface area (Å²) in [5.74, 6) is -0.249. The number of nitrogens with one attached hydrogen (secondary N) is 2. The first-order valence-electron chi connectivity index (χ1n) is 6.28. The number of carbonyl (C=O) groups is 1. The Morgan fingerprint density at radius 3 is 2.80 bits per heavy atom. The lowest BCUT2D eigenvalue weighted by Gasteiger charge is -2.13. The van der Waals surface area contributed by atoms with Crippen LogP contribution in [0.4, 0.5) is 0 Å². The minimum Gasteiger partial charge on any atom is -0.506 e. The number of benzene rings is 1. The zero-order valence-electron chi connectivity index (χ0n) is 11.0. The van der Waals surface area contributed by atoms with Gasteiger partial charge < -0.3 is 20.5 Å². The second kappa shape index (κ2) is 5.85. The number of hydrogen-bond acceptors (Lipinski definition) is 5. The minimum atomic E-state index is -0.471. The summed E-state index contributed by atoms with van der Waals surface area (Å²) >= 11 is 0. The predicted molar refractivity (Wildman–Crippen MR) is 75.1 cm³/mol. The normalized spacial score (nSPS) is 12.5. The highest BCUT2D eigenvalue weighted by Crippen LogP contribution is 2.25. The number of H-pyrrole nitrogens is 1. The number of carbonyl (C=O) groups excluding carboxylic acids is 1. The second-order valence-electron chi connectivity index (χ2n) is 4.51. The van der Waals surface area contributed by atoms with Crippen LogP contribution in [0.1, 0.15) is 17.3 Å². The van der Waals surface area contributed by atoms with Crippen LogP contribution in [0.25, 0.3) is 10.9 Å². The molecule has 0 spiro atoms. The molecule has 1 heterocycles. The fourth-order valence-corrected chi connectivity index (χ4v) is 2.06. The van der Waals surface area contributed by atoms with E-state index >= 15 is 0 Å². The maximum Gasteiger partial charge on any atom is 0.248 e. The molecule has 1 aromatic heterocycles. The standard InChI is InChI=1S/C14H16N2O4/c1-8(15-6-7-17)14(20)10-2-4-11(18)13-9(10)3-5-12(19)16-13/h2-5,8,15,17-18H,6-7H2,1H3,(H,16,19). The van der Waals surface area contributed by atoms with Gasteiger partial charge >= 0.3 is 0 Å². The van der Waals surface area contributed by atoms with Crippen LogP contribution < -0.4 is 10.9 Å². The first kappa shape index (κ1) is 14.2. The Kier molecular flexibility index (Phi) is 4.16. The van der Waals surface area contributed by atoms with E-state index in [-0.39, 0.29) is 29.2 Å². The third kappa shape index (κ3) is 2.71. The molecule has 2 rings (SSSR count). The number of aliphatic hydroxyl groups is 1. The lowest BCUT2D eigenvalue weighted by atomic mass is 10.00. The van der Waals surface area contributed by atoms with E-state index in [0.29, 0.717) is 17.5 Å². The summed E-state index contributed by atoms with van der Waals surface area (Å²) in [6, 6.07) is 5.26. The van der Waals surface area contributed by atoms with Gasteiger partial charge in [0.1, 0.15) is 5.75 Å². The van der Waals surface area contributed by atoms with Gasteiger partial charge in [0, 0.05) is 23.6 Å². The van der Waals surface area contributed by atoms with Crippen molar-refractivity contribution in [1.29, 1.82) is 0 Å². The number of phenols is 1. The van der Waals surface area contributed by atoms with Gasteiger partial charge in [0.05, 0.1) is 18.2 Å². The topological polar surface area (TPSA) is 102 Å². The third-order valence-electron chi connectivity index (χ3n) is 3.09. The van der Waals surface area contributed by atoms with Gasteiger partial charge in [-0.25, -0.2) is 0 Å². The lowest BCUT2D eigenvalue weighted by Crippen LogP contribution is -2.35. The van der Waals surface area contributed by atoms with E-state index in [1.807, 2.05) is 0 Å². The summed E-state index contributed by atoms with van der Waals surface area (Å²) in [7, 11) is 0. The Labute approximate surface area is 115 Å². The molecule has 0 radical (unpaired) electrons. The Hall–Kier alpha value is -2.18. The number of hydrogen-bond donors (Lipinski definition) is 4.